The van der Waals surface area contributed by atoms with E-state index in [0.29, 0.717) is 6.04 Å². The highest BCUT2D eigenvalue weighted by molar-refractivity contribution is 5.78. The van der Waals surface area contributed by atoms with Gasteiger partial charge in [0.15, 0.2) is 0 Å². The molecule has 3 nitrogen and oxygen atoms in total. The minimum absolute atomic E-state index is 0.154. The molecule has 0 aromatic rings. The predicted octanol–water partition coefficient (Wildman–Crippen LogP) is 1.63. The van der Waals surface area contributed by atoms with Gasteiger partial charge in [-0.25, -0.2) is 0 Å². The number of likely N-dealkylation sites (tertiary alicyclic amines) is 1. The van der Waals surface area contributed by atoms with Crippen LogP contribution in [0.3, 0.4) is 0 Å². The van der Waals surface area contributed by atoms with Gasteiger partial charge in [0.25, 0.3) is 0 Å². The lowest BCUT2D eigenvalue weighted by Gasteiger charge is -2.23. The lowest BCUT2D eigenvalue weighted by Crippen LogP contribution is -2.41. The van der Waals surface area contributed by atoms with Gasteiger partial charge in [0, 0.05) is 18.5 Å². The molecule has 0 radical (unpaired) electrons. The van der Waals surface area contributed by atoms with E-state index in [9.17, 15) is 4.79 Å². The summed E-state index contributed by atoms with van der Waals surface area (Å²) in [7, 11) is 0. The van der Waals surface area contributed by atoms with Gasteiger partial charge in [0.2, 0.25) is 5.91 Å². The maximum atomic E-state index is 11.6. The number of amides is 1. The maximum absolute atomic E-state index is 11.6. The summed E-state index contributed by atoms with van der Waals surface area (Å²) < 4.78 is 0. The Morgan fingerprint density at radius 2 is 2.27 bits per heavy atom. The normalized spacial score (nSPS) is 24.1. The second-order valence-electron chi connectivity index (χ2n) is 4.48. The Hall–Kier alpha value is -0.570. The third-order valence-corrected chi connectivity index (χ3v) is 3.48. The molecule has 0 bridgehead atoms. The molecular weight excluding hydrogens is 188 g/mol. The second-order valence-corrected chi connectivity index (χ2v) is 4.48. The average molecular weight is 212 g/mol. The first kappa shape index (κ1) is 12.5. The largest absolute Gasteiger partial charge is 0.354 e. The fourth-order valence-corrected chi connectivity index (χ4v) is 2.12. The van der Waals surface area contributed by atoms with E-state index in [0.717, 1.165) is 19.5 Å². The van der Waals surface area contributed by atoms with Crippen LogP contribution in [0.5, 0.6) is 0 Å². The molecule has 1 N–H and O–H groups in total. The molecule has 0 aliphatic carbocycles. The van der Waals surface area contributed by atoms with E-state index >= 15 is 0 Å². The lowest BCUT2D eigenvalue weighted by atomic mass is 10.1. The van der Waals surface area contributed by atoms with Gasteiger partial charge in [-0.2, -0.15) is 0 Å². The van der Waals surface area contributed by atoms with Gasteiger partial charge in [0.1, 0.15) is 0 Å². The molecule has 0 saturated carbocycles. The first-order valence-corrected chi connectivity index (χ1v) is 6.20. The van der Waals surface area contributed by atoms with Gasteiger partial charge in [-0.05, 0) is 32.4 Å². The lowest BCUT2D eigenvalue weighted by molar-refractivity contribution is -0.124. The third-order valence-electron chi connectivity index (χ3n) is 3.48. The smallest absolute Gasteiger partial charge is 0.222 e. The number of hydrogen-bond acceptors (Lipinski definition) is 2. The Labute approximate surface area is 93.2 Å². The van der Waals surface area contributed by atoms with E-state index in [1.54, 1.807) is 0 Å². The molecule has 2 atom stereocenters. The number of hydrogen-bond donors (Lipinski definition) is 1. The van der Waals surface area contributed by atoms with Gasteiger partial charge in [-0.15, -0.1) is 0 Å². The van der Waals surface area contributed by atoms with Crippen molar-refractivity contribution in [1.82, 2.24) is 10.2 Å². The van der Waals surface area contributed by atoms with Crippen LogP contribution in [0.1, 0.15) is 40.0 Å². The molecule has 1 heterocycles. The summed E-state index contributed by atoms with van der Waals surface area (Å²) in [5.74, 6) is 0.363. The van der Waals surface area contributed by atoms with Crippen LogP contribution >= 0.6 is 0 Å². The van der Waals surface area contributed by atoms with Crippen molar-refractivity contribution >= 4 is 5.91 Å². The van der Waals surface area contributed by atoms with Crippen molar-refractivity contribution in [2.75, 3.05) is 19.6 Å². The molecule has 1 rings (SSSR count). The topological polar surface area (TPSA) is 32.3 Å². The zero-order chi connectivity index (χ0) is 11.3. The third kappa shape index (κ3) is 3.49. The van der Waals surface area contributed by atoms with Crippen molar-refractivity contribution in [1.29, 1.82) is 0 Å². The SMILES string of the molecule is CC[C@@H](C)C(=O)NC[C@H]1CCCN1CC. The quantitative estimate of drug-likeness (QED) is 0.751. The van der Waals surface area contributed by atoms with Crippen molar-refractivity contribution < 1.29 is 4.79 Å². The first-order chi connectivity index (χ1) is 7.19. The second kappa shape index (κ2) is 6.11. The van der Waals surface area contributed by atoms with Crippen LogP contribution in [0.15, 0.2) is 0 Å². The van der Waals surface area contributed by atoms with Gasteiger partial charge in [-0.1, -0.05) is 20.8 Å². The Bertz CT molecular complexity index is 206. The Kier molecular flexibility index (Phi) is 5.09. The maximum Gasteiger partial charge on any atom is 0.222 e. The van der Waals surface area contributed by atoms with Crippen molar-refractivity contribution in [2.45, 2.75) is 46.1 Å². The number of likely N-dealkylation sites (N-methyl/N-ethyl adjacent to an activating group) is 1. The van der Waals surface area contributed by atoms with Crippen LogP contribution < -0.4 is 5.32 Å². The van der Waals surface area contributed by atoms with Crippen LogP contribution in [-0.2, 0) is 4.79 Å². The molecule has 0 spiro atoms. The Morgan fingerprint density at radius 1 is 1.53 bits per heavy atom. The van der Waals surface area contributed by atoms with E-state index < -0.39 is 0 Å². The number of nitrogens with zero attached hydrogens (tertiary/aromatic N) is 1. The molecule has 0 aromatic carbocycles. The number of rotatable bonds is 5. The fourth-order valence-electron chi connectivity index (χ4n) is 2.12. The molecule has 3 heteroatoms. The van der Waals surface area contributed by atoms with Gasteiger partial charge >= 0.3 is 0 Å². The number of carbonyl (C=O) groups is 1. The summed E-state index contributed by atoms with van der Waals surface area (Å²) in [6.45, 7) is 9.36. The Balaban J connectivity index is 2.27. The Morgan fingerprint density at radius 3 is 2.87 bits per heavy atom. The molecule has 1 fully saturated rings. The molecule has 1 aliphatic heterocycles. The summed E-state index contributed by atoms with van der Waals surface area (Å²) in [6.07, 6.45) is 3.43. The molecule has 0 aromatic heterocycles. The summed E-state index contributed by atoms with van der Waals surface area (Å²) in [5, 5.41) is 3.06. The summed E-state index contributed by atoms with van der Waals surface area (Å²) in [4.78, 5) is 14.1. The molecule has 88 valence electrons. The monoisotopic (exact) mass is 212 g/mol. The highest BCUT2D eigenvalue weighted by atomic mass is 16.1. The zero-order valence-electron chi connectivity index (χ0n) is 10.3. The van der Waals surface area contributed by atoms with Gasteiger partial charge < -0.3 is 5.32 Å². The number of carbonyl (C=O) groups excluding carboxylic acids is 1. The standard InChI is InChI=1S/C12H24N2O/c1-4-10(3)12(15)13-9-11-7-6-8-14(11)5-2/h10-11H,4-9H2,1-3H3,(H,13,15)/t10-,11-/m1/s1. The minimum atomic E-state index is 0.154. The molecular formula is C12H24N2O. The van der Waals surface area contributed by atoms with Crippen molar-refractivity contribution in [3.63, 3.8) is 0 Å². The first-order valence-electron chi connectivity index (χ1n) is 6.20. The van der Waals surface area contributed by atoms with Crippen LogP contribution in [-0.4, -0.2) is 36.5 Å². The van der Waals surface area contributed by atoms with Gasteiger partial charge in [0.05, 0.1) is 0 Å². The number of nitrogens with one attached hydrogen (secondary N) is 1. The predicted molar refractivity (Wildman–Crippen MR) is 62.7 cm³/mol. The summed E-state index contributed by atoms with van der Waals surface area (Å²) >= 11 is 0. The minimum Gasteiger partial charge on any atom is -0.354 e. The summed E-state index contributed by atoms with van der Waals surface area (Å²) in [6, 6.07) is 0.572. The molecule has 15 heavy (non-hydrogen) atoms. The van der Waals surface area contributed by atoms with E-state index in [4.69, 9.17) is 0 Å². The molecule has 1 saturated heterocycles. The van der Waals surface area contributed by atoms with Crippen LogP contribution in [0.25, 0.3) is 0 Å². The highest BCUT2D eigenvalue weighted by Crippen LogP contribution is 2.15. The van der Waals surface area contributed by atoms with Crippen LogP contribution in [0, 0.1) is 5.92 Å². The van der Waals surface area contributed by atoms with E-state index in [-0.39, 0.29) is 11.8 Å². The van der Waals surface area contributed by atoms with E-state index in [2.05, 4.69) is 24.1 Å². The van der Waals surface area contributed by atoms with Crippen molar-refractivity contribution in [2.24, 2.45) is 5.92 Å². The average Bonchev–Trinajstić information content (AvgIpc) is 2.71. The van der Waals surface area contributed by atoms with Gasteiger partial charge in [-0.3, -0.25) is 9.69 Å². The van der Waals surface area contributed by atoms with Crippen LogP contribution in [0.2, 0.25) is 0 Å². The van der Waals surface area contributed by atoms with E-state index in [1.165, 1.54) is 19.4 Å². The molecule has 1 aliphatic rings. The fraction of sp³-hybridized carbons (Fsp3) is 0.917. The summed E-state index contributed by atoms with van der Waals surface area (Å²) in [5.41, 5.74) is 0. The van der Waals surface area contributed by atoms with Crippen molar-refractivity contribution in [3.05, 3.63) is 0 Å². The van der Waals surface area contributed by atoms with Crippen molar-refractivity contribution in [3.8, 4) is 0 Å². The van der Waals surface area contributed by atoms with E-state index in [1.807, 2.05) is 6.92 Å². The van der Waals surface area contributed by atoms with Crippen LogP contribution in [0.4, 0.5) is 0 Å². The zero-order valence-corrected chi connectivity index (χ0v) is 10.3. The molecule has 1 amide bonds. The molecule has 0 unspecified atom stereocenters. The highest BCUT2D eigenvalue weighted by Gasteiger charge is 2.23.